The topological polar surface area (TPSA) is 149 Å². The molecule has 1 amide bonds. The number of ether oxygens (including phenoxy) is 1. The third-order valence-corrected chi connectivity index (χ3v) is 7.52. The van der Waals surface area contributed by atoms with Crippen LogP contribution in [-0.4, -0.2) is 80.7 Å². The van der Waals surface area contributed by atoms with Gasteiger partial charge in [0.05, 0.1) is 48.3 Å². The van der Waals surface area contributed by atoms with Crippen LogP contribution < -0.4 is 10.6 Å². The van der Waals surface area contributed by atoms with Gasteiger partial charge in [0.1, 0.15) is 11.6 Å². The summed E-state index contributed by atoms with van der Waals surface area (Å²) < 4.78 is 33.7. The van der Waals surface area contributed by atoms with E-state index in [1.807, 2.05) is 30.7 Å². The second kappa shape index (κ2) is 9.53. The van der Waals surface area contributed by atoms with E-state index in [1.165, 1.54) is 26.5 Å². The first-order valence-corrected chi connectivity index (χ1v) is 13.0. The Hall–Kier alpha value is -3.88. The molecule has 14 heteroatoms. The molecule has 1 aliphatic rings. The van der Waals surface area contributed by atoms with Gasteiger partial charge in [0.15, 0.2) is 5.82 Å². The Morgan fingerprint density at radius 1 is 1.16 bits per heavy atom. The first-order valence-electron chi connectivity index (χ1n) is 11.6. The molecule has 1 aliphatic heterocycles. The van der Waals surface area contributed by atoms with Crippen molar-refractivity contribution in [1.29, 1.82) is 0 Å². The van der Waals surface area contributed by atoms with Gasteiger partial charge in [0, 0.05) is 50.2 Å². The van der Waals surface area contributed by atoms with Crippen molar-refractivity contribution in [2.24, 2.45) is 0 Å². The number of carbonyl (C=O) groups excluding carboxylic acids is 1. The Labute approximate surface area is 213 Å². The van der Waals surface area contributed by atoms with Crippen molar-refractivity contribution in [3.63, 3.8) is 0 Å². The summed E-state index contributed by atoms with van der Waals surface area (Å²) in [5.41, 5.74) is 1.86. The number of carbonyl (C=O) groups is 1. The number of hydrogen-bond donors (Lipinski definition) is 2. The molecule has 0 atom stereocenters. The van der Waals surface area contributed by atoms with Gasteiger partial charge in [0.25, 0.3) is 5.91 Å². The lowest BCUT2D eigenvalue weighted by atomic mass is 10.2. The van der Waals surface area contributed by atoms with Crippen LogP contribution in [0.3, 0.4) is 0 Å². The van der Waals surface area contributed by atoms with Crippen LogP contribution in [0.15, 0.2) is 43.1 Å². The summed E-state index contributed by atoms with van der Waals surface area (Å²) in [5, 5.41) is 10.8. The van der Waals surface area contributed by atoms with E-state index >= 15 is 0 Å². The van der Waals surface area contributed by atoms with E-state index in [9.17, 15) is 13.2 Å². The molecule has 0 bridgehead atoms. The average molecular weight is 526 g/mol. The quantitative estimate of drug-likeness (QED) is 0.351. The van der Waals surface area contributed by atoms with Gasteiger partial charge in [-0.3, -0.25) is 4.79 Å². The summed E-state index contributed by atoms with van der Waals surface area (Å²) in [7, 11) is -0.890. The molecule has 4 aromatic heterocycles. The summed E-state index contributed by atoms with van der Waals surface area (Å²) in [6, 6.07) is 3.69. The molecular formula is C23H27N9O4S. The monoisotopic (exact) mass is 525 g/mol. The van der Waals surface area contributed by atoms with Crippen LogP contribution in [0.4, 0.5) is 11.6 Å². The first-order chi connectivity index (χ1) is 17.6. The zero-order valence-electron chi connectivity index (χ0n) is 20.8. The first kappa shape index (κ1) is 24.8. The smallest absolute Gasteiger partial charge is 0.322 e. The SMILES string of the molecule is CC(C)n1cc(C(=O)NC2COC2)c2cnc(Nc3ccnc(-c4cnn(S(=O)(=O)N(C)C)c4)n3)cc21. The van der Waals surface area contributed by atoms with Crippen LogP contribution >= 0.6 is 0 Å². The van der Waals surface area contributed by atoms with Gasteiger partial charge in [-0.25, -0.2) is 15.0 Å². The Bertz CT molecular complexity index is 1570. The molecule has 13 nitrogen and oxygen atoms in total. The predicted molar refractivity (Wildman–Crippen MR) is 137 cm³/mol. The number of nitrogens with zero attached hydrogens (tertiary/aromatic N) is 7. The van der Waals surface area contributed by atoms with E-state index in [2.05, 4.69) is 30.7 Å². The second-order valence-electron chi connectivity index (χ2n) is 9.12. The molecule has 37 heavy (non-hydrogen) atoms. The fraction of sp³-hybridized carbons (Fsp3) is 0.348. The minimum atomic E-state index is -3.74. The molecule has 4 aromatic rings. The van der Waals surface area contributed by atoms with Crippen molar-refractivity contribution in [1.82, 2.24) is 38.3 Å². The van der Waals surface area contributed by atoms with Crippen LogP contribution in [0.1, 0.15) is 30.2 Å². The van der Waals surface area contributed by atoms with Gasteiger partial charge in [-0.2, -0.15) is 21.9 Å². The normalized spacial score (nSPS) is 14.3. The van der Waals surface area contributed by atoms with E-state index in [4.69, 9.17) is 4.74 Å². The maximum atomic E-state index is 12.9. The van der Waals surface area contributed by atoms with Crippen LogP contribution in [-0.2, 0) is 14.9 Å². The predicted octanol–water partition coefficient (Wildman–Crippen LogP) is 1.80. The summed E-state index contributed by atoms with van der Waals surface area (Å²) in [6.07, 6.45) is 7.82. The summed E-state index contributed by atoms with van der Waals surface area (Å²) in [4.78, 5) is 26.1. The number of amides is 1. The van der Waals surface area contributed by atoms with Gasteiger partial charge >= 0.3 is 10.2 Å². The van der Waals surface area contributed by atoms with Crippen molar-refractivity contribution in [2.45, 2.75) is 25.9 Å². The van der Waals surface area contributed by atoms with E-state index in [0.29, 0.717) is 41.8 Å². The van der Waals surface area contributed by atoms with Gasteiger partial charge in [-0.05, 0) is 19.9 Å². The number of rotatable bonds is 8. The number of hydrogen-bond acceptors (Lipinski definition) is 9. The van der Waals surface area contributed by atoms with Crippen LogP contribution in [0.25, 0.3) is 22.3 Å². The van der Waals surface area contributed by atoms with Gasteiger partial charge in [0.2, 0.25) is 0 Å². The number of pyridine rings is 1. The lowest BCUT2D eigenvalue weighted by Gasteiger charge is -2.26. The number of nitrogens with one attached hydrogen (secondary N) is 2. The molecular weight excluding hydrogens is 498 g/mol. The molecule has 1 fully saturated rings. The molecule has 2 N–H and O–H groups in total. The highest BCUT2D eigenvalue weighted by Crippen LogP contribution is 2.28. The summed E-state index contributed by atoms with van der Waals surface area (Å²) >= 11 is 0. The zero-order chi connectivity index (χ0) is 26.3. The Balaban J connectivity index is 1.42. The lowest BCUT2D eigenvalue weighted by Crippen LogP contribution is -2.48. The molecule has 1 saturated heterocycles. The highest BCUT2D eigenvalue weighted by atomic mass is 32.2. The Kier molecular flexibility index (Phi) is 6.39. The van der Waals surface area contributed by atoms with Crippen LogP contribution in [0.2, 0.25) is 0 Å². The molecule has 0 radical (unpaired) electrons. The third kappa shape index (κ3) is 4.77. The van der Waals surface area contributed by atoms with Crippen molar-refractivity contribution >= 4 is 38.7 Å². The van der Waals surface area contributed by atoms with Crippen LogP contribution in [0.5, 0.6) is 0 Å². The van der Waals surface area contributed by atoms with Crippen molar-refractivity contribution < 1.29 is 17.9 Å². The van der Waals surface area contributed by atoms with E-state index in [0.717, 1.165) is 19.3 Å². The Morgan fingerprint density at radius 2 is 1.95 bits per heavy atom. The van der Waals surface area contributed by atoms with Crippen molar-refractivity contribution in [3.05, 3.63) is 48.7 Å². The lowest BCUT2D eigenvalue weighted by molar-refractivity contribution is -0.00343. The van der Waals surface area contributed by atoms with E-state index < -0.39 is 10.2 Å². The fourth-order valence-electron chi connectivity index (χ4n) is 3.82. The number of fused-ring (bicyclic) bond motifs is 1. The minimum absolute atomic E-state index is 0.0286. The Morgan fingerprint density at radius 3 is 2.62 bits per heavy atom. The van der Waals surface area contributed by atoms with E-state index in [1.54, 1.807) is 18.5 Å². The maximum absolute atomic E-state index is 12.9. The zero-order valence-corrected chi connectivity index (χ0v) is 21.6. The van der Waals surface area contributed by atoms with Crippen LogP contribution in [0, 0.1) is 0 Å². The molecule has 5 rings (SSSR count). The van der Waals surface area contributed by atoms with E-state index in [-0.39, 0.29) is 18.0 Å². The minimum Gasteiger partial charge on any atom is -0.377 e. The largest absolute Gasteiger partial charge is 0.377 e. The number of anilines is 2. The average Bonchev–Trinajstić information content (AvgIpc) is 3.47. The molecule has 0 saturated carbocycles. The van der Waals surface area contributed by atoms with Gasteiger partial charge < -0.3 is 19.9 Å². The maximum Gasteiger partial charge on any atom is 0.322 e. The van der Waals surface area contributed by atoms with Gasteiger partial charge in [-0.1, -0.05) is 0 Å². The molecule has 0 aliphatic carbocycles. The number of aromatic nitrogens is 6. The highest BCUT2D eigenvalue weighted by Gasteiger charge is 2.24. The summed E-state index contributed by atoms with van der Waals surface area (Å²) in [5.74, 6) is 1.14. The molecule has 0 unspecified atom stereocenters. The molecule has 0 spiro atoms. The summed E-state index contributed by atoms with van der Waals surface area (Å²) in [6.45, 7) is 5.13. The second-order valence-corrected chi connectivity index (χ2v) is 11.1. The standard InChI is InChI=1S/C23H27N9O4S/c1-14(2)31-11-18(23(33)27-16-12-36-13-16)17-9-25-21(7-19(17)31)28-20-5-6-24-22(29-20)15-8-26-32(10-15)37(34,35)30(3)4/h5-11,14,16H,12-13H2,1-4H3,(H,27,33)(H,24,25,28,29). The molecule has 0 aromatic carbocycles. The molecule has 5 heterocycles. The third-order valence-electron chi connectivity index (χ3n) is 5.92. The van der Waals surface area contributed by atoms with Gasteiger partial charge in [-0.15, -0.1) is 0 Å². The fourth-order valence-corrected chi connectivity index (χ4v) is 4.56. The van der Waals surface area contributed by atoms with Crippen molar-refractivity contribution in [2.75, 3.05) is 32.6 Å². The van der Waals surface area contributed by atoms with Crippen molar-refractivity contribution in [3.8, 4) is 11.4 Å². The highest BCUT2D eigenvalue weighted by molar-refractivity contribution is 7.87. The molecule has 194 valence electrons.